The molecule has 1 saturated heterocycles. The topological polar surface area (TPSA) is 20.3 Å². The lowest BCUT2D eigenvalue weighted by Crippen LogP contribution is -2.21. The van der Waals surface area contributed by atoms with Crippen molar-refractivity contribution in [2.24, 2.45) is 11.8 Å². The quantitative estimate of drug-likeness (QED) is 0.470. The van der Waals surface area contributed by atoms with Crippen LogP contribution in [0.2, 0.25) is 0 Å². The summed E-state index contributed by atoms with van der Waals surface area (Å²) in [4.78, 5) is 12.8. The summed E-state index contributed by atoms with van der Waals surface area (Å²) in [5, 5.41) is 0. The molecule has 0 radical (unpaired) electrons. The average Bonchev–Trinajstić information content (AvgIpc) is 1.98. The van der Waals surface area contributed by atoms with E-state index in [-0.39, 0.29) is 5.92 Å². The Labute approximate surface area is 55.8 Å². The predicted molar refractivity (Wildman–Crippen MR) is 36.0 cm³/mol. The van der Waals surface area contributed by atoms with Crippen LogP contribution in [0.15, 0.2) is 0 Å². The molecule has 0 aromatic carbocycles. The smallest absolute Gasteiger partial charge is 0.225 e. The molecule has 1 fully saturated rings. The Balaban J connectivity index is 2.65. The lowest BCUT2D eigenvalue weighted by Gasteiger charge is -2.05. The van der Waals surface area contributed by atoms with Crippen LogP contribution >= 0.6 is 0 Å². The van der Waals surface area contributed by atoms with Gasteiger partial charge in [-0.3, -0.25) is 4.79 Å². The fourth-order valence-corrected chi connectivity index (χ4v) is 1.27. The van der Waals surface area contributed by atoms with Crippen molar-refractivity contribution in [2.75, 3.05) is 13.6 Å². The number of amides is 1. The summed E-state index contributed by atoms with van der Waals surface area (Å²) in [6.45, 7) is 5.04. The number of carbonyl (C=O) groups excluding carboxylic acids is 1. The molecule has 2 atom stereocenters. The number of nitrogens with zero attached hydrogens (tertiary/aromatic N) is 1. The SMILES string of the molecule is C[C@@H]1CN(C)C(=O)[C@@H]1C. The Morgan fingerprint density at radius 3 is 2.22 bits per heavy atom. The van der Waals surface area contributed by atoms with Gasteiger partial charge >= 0.3 is 0 Å². The standard InChI is InChI=1S/C7H13NO/c1-5-4-8(3)7(9)6(5)2/h5-6H,4H2,1-3H3/t5-,6-/m1/s1. The van der Waals surface area contributed by atoms with E-state index in [0.717, 1.165) is 6.54 Å². The van der Waals surface area contributed by atoms with E-state index in [1.54, 1.807) is 4.90 Å². The summed E-state index contributed by atoms with van der Waals surface area (Å²) in [5.74, 6) is 1.08. The fraction of sp³-hybridized carbons (Fsp3) is 0.857. The third-order valence-corrected chi connectivity index (χ3v) is 2.18. The first-order valence-corrected chi connectivity index (χ1v) is 3.38. The lowest BCUT2D eigenvalue weighted by molar-refractivity contribution is -0.129. The molecule has 0 unspecified atom stereocenters. The number of hydrogen-bond acceptors (Lipinski definition) is 1. The van der Waals surface area contributed by atoms with Gasteiger partial charge in [0.15, 0.2) is 0 Å². The first-order chi connectivity index (χ1) is 4.13. The molecule has 0 N–H and O–H groups in total. The van der Waals surface area contributed by atoms with Crippen LogP contribution in [0.1, 0.15) is 13.8 Å². The zero-order chi connectivity index (χ0) is 7.02. The van der Waals surface area contributed by atoms with E-state index < -0.39 is 0 Å². The fourth-order valence-electron chi connectivity index (χ4n) is 1.27. The highest BCUT2D eigenvalue weighted by Crippen LogP contribution is 2.21. The summed E-state index contributed by atoms with van der Waals surface area (Å²) < 4.78 is 0. The summed E-state index contributed by atoms with van der Waals surface area (Å²) >= 11 is 0. The highest BCUT2D eigenvalue weighted by Gasteiger charge is 2.31. The van der Waals surface area contributed by atoms with E-state index in [1.807, 2.05) is 14.0 Å². The van der Waals surface area contributed by atoms with Crippen LogP contribution in [0.4, 0.5) is 0 Å². The highest BCUT2D eigenvalue weighted by molar-refractivity contribution is 5.80. The van der Waals surface area contributed by atoms with Gasteiger partial charge in [-0.15, -0.1) is 0 Å². The Bertz CT molecular complexity index is 133. The second-order valence-corrected chi connectivity index (χ2v) is 2.98. The molecule has 1 aliphatic rings. The van der Waals surface area contributed by atoms with Crippen molar-refractivity contribution >= 4 is 5.91 Å². The Morgan fingerprint density at radius 1 is 1.56 bits per heavy atom. The van der Waals surface area contributed by atoms with E-state index in [1.165, 1.54) is 0 Å². The maximum atomic E-state index is 11.0. The normalized spacial score (nSPS) is 35.9. The molecule has 2 heteroatoms. The number of hydrogen-bond donors (Lipinski definition) is 0. The van der Waals surface area contributed by atoms with Gasteiger partial charge in [0.2, 0.25) is 5.91 Å². The third-order valence-electron chi connectivity index (χ3n) is 2.18. The van der Waals surface area contributed by atoms with E-state index in [0.29, 0.717) is 11.8 Å². The summed E-state index contributed by atoms with van der Waals surface area (Å²) in [6, 6.07) is 0. The molecule has 1 rings (SSSR count). The Kier molecular flexibility index (Phi) is 1.47. The molecule has 0 aliphatic carbocycles. The van der Waals surface area contributed by atoms with Gasteiger partial charge in [0.05, 0.1) is 0 Å². The second-order valence-electron chi connectivity index (χ2n) is 2.98. The maximum absolute atomic E-state index is 11.0. The molecular weight excluding hydrogens is 114 g/mol. The minimum Gasteiger partial charge on any atom is -0.345 e. The zero-order valence-electron chi connectivity index (χ0n) is 6.22. The molecule has 0 saturated carbocycles. The van der Waals surface area contributed by atoms with Crippen LogP contribution in [0.3, 0.4) is 0 Å². The minimum absolute atomic E-state index is 0.245. The van der Waals surface area contributed by atoms with E-state index in [9.17, 15) is 4.79 Å². The van der Waals surface area contributed by atoms with Crippen molar-refractivity contribution in [3.05, 3.63) is 0 Å². The highest BCUT2D eigenvalue weighted by atomic mass is 16.2. The molecule has 9 heavy (non-hydrogen) atoms. The summed E-state index contributed by atoms with van der Waals surface area (Å²) in [7, 11) is 1.86. The predicted octanol–water partition coefficient (Wildman–Crippen LogP) is 0.731. The largest absolute Gasteiger partial charge is 0.345 e. The van der Waals surface area contributed by atoms with Crippen LogP contribution in [0.25, 0.3) is 0 Å². The molecular formula is C7H13NO. The maximum Gasteiger partial charge on any atom is 0.225 e. The van der Waals surface area contributed by atoms with E-state index >= 15 is 0 Å². The molecule has 1 amide bonds. The van der Waals surface area contributed by atoms with Crippen LogP contribution < -0.4 is 0 Å². The average molecular weight is 127 g/mol. The van der Waals surface area contributed by atoms with Gasteiger partial charge in [0.25, 0.3) is 0 Å². The van der Waals surface area contributed by atoms with Crippen LogP contribution in [-0.4, -0.2) is 24.4 Å². The Morgan fingerprint density at radius 2 is 2.11 bits per heavy atom. The van der Waals surface area contributed by atoms with Crippen molar-refractivity contribution in [1.82, 2.24) is 4.90 Å². The number of likely N-dealkylation sites (tertiary alicyclic amines) is 1. The second kappa shape index (κ2) is 2.01. The van der Waals surface area contributed by atoms with Crippen molar-refractivity contribution in [3.63, 3.8) is 0 Å². The van der Waals surface area contributed by atoms with Gasteiger partial charge in [-0.2, -0.15) is 0 Å². The molecule has 0 aromatic heterocycles. The molecule has 0 aromatic rings. The first kappa shape index (κ1) is 6.59. The number of rotatable bonds is 0. The van der Waals surface area contributed by atoms with E-state index in [2.05, 4.69) is 6.92 Å². The summed E-state index contributed by atoms with van der Waals surface area (Å²) in [6.07, 6.45) is 0. The molecule has 52 valence electrons. The van der Waals surface area contributed by atoms with Gasteiger partial charge in [-0.1, -0.05) is 13.8 Å². The molecule has 2 nitrogen and oxygen atoms in total. The molecule has 0 spiro atoms. The van der Waals surface area contributed by atoms with E-state index in [4.69, 9.17) is 0 Å². The Hall–Kier alpha value is -0.530. The van der Waals surface area contributed by atoms with Crippen LogP contribution in [0, 0.1) is 11.8 Å². The zero-order valence-corrected chi connectivity index (χ0v) is 6.22. The van der Waals surface area contributed by atoms with Gasteiger partial charge in [0, 0.05) is 19.5 Å². The van der Waals surface area contributed by atoms with Crippen molar-refractivity contribution < 1.29 is 4.79 Å². The summed E-state index contributed by atoms with van der Waals surface area (Å²) in [5.41, 5.74) is 0. The van der Waals surface area contributed by atoms with Gasteiger partial charge in [-0.25, -0.2) is 0 Å². The third kappa shape index (κ3) is 0.934. The van der Waals surface area contributed by atoms with Crippen LogP contribution in [-0.2, 0) is 4.79 Å². The number of carbonyl (C=O) groups is 1. The molecule has 1 heterocycles. The molecule has 0 bridgehead atoms. The lowest BCUT2D eigenvalue weighted by atomic mass is 10.0. The van der Waals surface area contributed by atoms with Crippen molar-refractivity contribution in [3.8, 4) is 0 Å². The van der Waals surface area contributed by atoms with Crippen LogP contribution in [0.5, 0.6) is 0 Å². The monoisotopic (exact) mass is 127 g/mol. The van der Waals surface area contributed by atoms with Crippen molar-refractivity contribution in [2.45, 2.75) is 13.8 Å². The van der Waals surface area contributed by atoms with Gasteiger partial charge in [-0.05, 0) is 5.92 Å². The van der Waals surface area contributed by atoms with Gasteiger partial charge < -0.3 is 4.90 Å². The van der Waals surface area contributed by atoms with Crippen molar-refractivity contribution in [1.29, 1.82) is 0 Å². The van der Waals surface area contributed by atoms with Gasteiger partial charge in [0.1, 0.15) is 0 Å². The molecule has 1 aliphatic heterocycles. The first-order valence-electron chi connectivity index (χ1n) is 3.38. The minimum atomic E-state index is 0.245.